The number of nitrogens with zero attached hydrogens (tertiary/aromatic N) is 1. The zero-order valence-electron chi connectivity index (χ0n) is 10.3. The lowest BCUT2D eigenvalue weighted by molar-refractivity contribution is 0.0971. The maximum Gasteiger partial charge on any atom is 0.166 e. The maximum absolute atomic E-state index is 12.1. The van der Waals surface area contributed by atoms with E-state index in [0.717, 1.165) is 32.4 Å². The number of anilines is 1. The molecule has 18 heavy (non-hydrogen) atoms. The molecule has 0 amide bonds. The van der Waals surface area contributed by atoms with Gasteiger partial charge in [0.15, 0.2) is 5.78 Å². The van der Waals surface area contributed by atoms with Crippen molar-refractivity contribution in [2.24, 2.45) is 5.92 Å². The minimum Gasteiger partial charge on any atom is -0.383 e. The first-order valence-electron chi connectivity index (χ1n) is 6.32. The predicted molar refractivity (Wildman–Crippen MR) is 72.8 cm³/mol. The van der Waals surface area contributed by atoms with Crippen molar-refractivity contribution in [3.05, 3.63) is 22.8 Å². The Labute approximate surface area is 112 Å². The van der Waals surface area contributed by atoms with Crippen molar-refractivity contribution in [2.45, 2.75) is 25.7 Å². The summed E-state index contributed by atoms with van der Waals surface area (Å²) in [6.45, 7) is 2.11. The Kier molecular flexibility index (Phi) is 4.55. The number of nitrogen functional groups attached to an aromatic ring is 1. The van der Waals surface area contributed by atoms with Crippen molar-refractivity contribution in [1.82, 2.24) is 10.3 Å². The van der Waals surface area contributed by atoms with Crippen LogP contribution in [0.4, 0.5) is 5.82 Å². The van der Waals surface area contributed by atoms with E-state index in [2.05, 4.69) is 10.3 Å². The van der Waals surface area contributed by atoms with E-state index < -0.39 is 0 Å². The zero-order valence-corrected chi connectivity index (χ0v) is 11.0. The molecule has 1 aromatic heterocycles. The van der Waals surface area contributed by atoms with Gasteiger partial charge in [-0.2, -0.15) is 0 Å². The van der Waals surface area contributed by atoms with Crippen molar-refractivity contribution < 1.29 is 4.79 Å². The van der Waals surface area contributed by atoms with E-state index in [1.54, 1.807) is 6.07 Å². The number of rotatable bonds is 4. The molecule has 0 spiro atoms. The van der Waals surface area contributed by atoms with E-state index in [4.69, 9.17) is 17.3 Å². The van der Waals surface area contributed by atoms with Crippen LogP contribution in [0, 0.1) is 5.92 Å². The largest absolute Gasteiger partial charge is 0.383 e. The summed E-state index contributed by atoms with van der Waals surface area (Å²) >= 11 is 5.83. The number of Topliss-reactive ketones (excluding diaryl/α,β-unsaturated/α-hetero) is 1. The van der Waals surface area contributed by atoms with Gasteiger partial charge in [0.2, 0.25) is 0 Å². The smallest absolute Gasteiger partial charge is 0.166 e. The average Bonchev–Trinajstić information content (AvgIpc) is 2.40. The molecule has 0 unspecified atom stereocenters. The molecule has 2 rings (SSSR count). The van der Waals surface area contributed by atoms with Gasteiger partial charge < -0.3 is 11.1 Å². The third kappa shape index (κ3) is 3.43. The minimum absolute atomic E-state index is 0.0426. The molecule has 1 saturated heterocycles. The second kappa shape index (κ2) is 6.16. The number of pyridine rings is 1. The van der Waals surface area contributed by atoms with E-state index >= 15 is 0 Å². The van der Waals surface area contributed by atoms with Crippen LogP contribution in [0.25, 0.3) is 0 Å². The minimum atomic E-state index is 0.0426. The van der Waals surface area contributed by atoms with Gasteiger partial charge in [0, 0.05) is 12.6 Å². The van der Waals surface area contributed by atoms with Crippen molar-refractivity contribution in [1.29, 1.82) is 0 Å². The second-order valence-corrected chi connectivity index (χ2v) is 5.18. The fourth-order valence-corrected chi connectivity index (χ4v) is 2.47. The number of nitrogens with two attached hydrogens (primary N) is 1. The third-order valence-corrected chi connectivity index (χ3v) is 3.63. The lowest BCUT2D eigenvalue weighted by Crippen LogP contribution is -2.28. The third-order valence-electron chi connectivity index (χ3n) is 3.42. The average molecular weight is 268 g/mol. The van der Waals surface area contributed by atoms with Crippen molar-refractivity contribution in [3.63, 3.8) is 0 Å². The Hall–Kier alpha value is -1.13. The summed E-state index contributed by atoms with van der Waals surface area (Å²) in [4.78, 5) is 16.0. The molecule has 1 fully saturated rings. The summed E-state index contributed by atoms with van der Waals surface area (Å²) in [5.41, 5.74) is 6.15. The molecule has 0 saturated carbocycles. The van der Waals surface area contributed by atoms with Crippen LogP contribution in [0.5, 0.6) is 0 Å². The Morgan fingerprint density at radius 3 is 2.94 bits per heavy atom. The van der Waals surface area contributed by atoms with Gasteiger partial charge in [-0.1, -0.05) is 11.6 Å². The first-order valence-corrected chi connectivity index (χ1v) is 6.69. The van der Waals surface area contributed by atoms with Crippen LogP contribution in [0.15, 0.2) is 12.3 Å². The first kappa shape index (κ1) is 13.3. The van der Waals surface area contributed by atoms with E-state index in [0.29, 0.717) is 22.9 Å². The molecule has 1 aliphatic rings. The molecule has 0 aromatic carbocycles. The van der Waals surface area contributed by atoms with Gasteiger partial charge in [-0.25, -0.2) is 4.98 Å². The Morgan fingerprint density at radius 1 is 1.50 bits per heavy atom. The van der Waals surface area contributed by atoms with Crippen LogP contribution in [0.2, 0.25) is 5.02 Å². The lowest BCUT2D eigenvalue weighted by atomic mass is 9.91. The second-order valence-electron chi connectivity index (χ2n) is 4.74. The summed E-state index contributed by atoms with van der Waals surface area (Å²) in [6, 6.07) is 1.61. The summed E-state index contributed by atoms with van der Waals surface area (Å²) in [7, 11) is 0. The van der Waals surface area contributed by atoms with E-state index in [9.17, 15) is 4.79 Å². The molecule has 1 aliphatic heterocycles. The molecule has 5 heteroatoms. The topological polar surface area (TPSA) is 68.0 Å². The number of nitrogens with one attached hydrogen (secondary N) is 1. The van der Waals surface area contributed by atoms with E-state index in [1.165, 1.54) is 6.20 Å². The van der Waals surface area contributed by atoms with Crippen LogP contribution in [0.1, 0.15) is 36.0 Å². The fourth-order valence-electron chi connectivity index (χ4n) is 2.31. The van der Waals surface area contributed by atoms with E-state index in [-0.39, 0.29) is 11.6 Å². The highest BCUT2D eigenvalue weighted by molar-refractivity contribution is 6.31. The highest BCUT2D eigenvalue weighted by atomic mass is 35.5. The number of aromatic nitrogens is 1. The van der Waals surface area contributed by atoms with Crippen LogP contribution in [-0.2, 0) is 0 Å². The van der Waals surface area contributed by atoms with Gasteiger partial charge in [0.05, 0.1) is 10.6 Å². The molecule has 2 heterocycles. The summed E-state index contributed by atoms with van der Waals surface area (Å²) in [6.07, 6.45) is 5.21. The molecular formula is C13H18ClN3O. The normalized spacial score (nSPS) is 16.7. The monoisotopic (exact) mass is 267 g/mol. The molecular weight excluding hydrogens is 250 g/mol. The molecule has 0 bridgehead atoms. The number of piperidine rings is 1. The van der Waals surface area contributed by atoms with E-state index in [1.807, 2.05) is 0 Å². The maximum atomic E-state index is 12.1. The number of carbonyl (C=O) groups is 1. The molecule has 0 aliphatic carbocycles. The van der Waals surface area contributed by atoms with Crippen molar-refractivity contribution in [2.75, 3.05) is 18.8 Å². The molecule has 4 nitrogen and oxygen atoms in total. The molecule has 1 aromatic rings. The number of carbonyl (C=O) groups excluding carboxylic acids is 1. The summed E-state index contributed by atoms with van der Waals surface area (Å²) < 4.78 is 0. The highest BCUT2D eigenvalue weighted by Crippen LogP contribution is 2.22. The van der Waals surface area contributed by atoms with Crippen molar-refractivity contribution in [3.8, 4) is 0 Å². The predicted octanol–water partition coefficient (Wildman–Crippen LogP) is 2.28. The summed E-state index contributed by atoms with van der Waals surface area (Å²) in [5, 5.41) is 3.77. The van der Waals surface area contributed by atoms with Gasteiger partial charge >= 0.3 is 0 Å². The Balaban J connectivity index is 1.92. The van der Waals surface area contributed by atoms with Crippen LogP contribution < -0.4 is 11.1 Å². The summed E-state index contributed by atoms with van der Waals surface area (Å²) in [5.74, 6) is 0.958. The number of ketones is 1. The number of halogens is 1. The fraction of sp³-hybridized carbons (Fsp3) is 0.538. The van der Waals surface area contributed by atoms with Gasteiger partial charge in [0.1, 0.15) is 5.82 Å². The Bertz CT molecular complexity index is 430. The lowest BCUT2D eigenvalue weighted by Gasteiger charge is -2.22. The zero-order chi connectivity index (χ0) is 13.0. The first-order chi connectivity index (χ1) is 8.66. The van der Waals surface area contributed by atoms with Gasteiger partial charge in [0.25, 0.3) is 0 Å². The van der Waals surface area contributed by atoms with Crippen LogP contribution in [0.3, 0.4) is 0 Å². The molecule has 3 N–H and O–H groups in total. The van der Waals surface area contributed by atoms with Crippen LogP contribution in [-0.4, -0.2) is 23.9 Å². The van der Waals surface area contributed by atoms with Gasteiger partial charge in [-0.05, 0) is 44.3 Å². The Morgan fingerprint density at radius 2 is 2.22 bits per heavy atom. The molecule has 98 valence electrons. The van der Waals surface area contributed by atoms with Gasteiger partial charge in [-0.3, -0.25) is 4.79 Å². The van der Waals surface area contributed by atoms with Crippen molar-refractivity contribution >= 4 is 23.2 Å². The number of hydrogen-bond acceptors (Lipinski definition) is 4. The SMILES string of the molecule is Nc1ncc(Cl)cc1C(=O)CCC1CCNCC1. The standard InChI is InChI=1S/C13H18ClN3O/c14-10-7-11(13(15)17-8-10)12(18)2-1-9-3-5-16-6-4-9/h7-9,16H,1-6H2,(H2,15,17). The van der Waals surface area contributed by atoms with Crippen LogP contribution >= 0.6 is 11.6 Å². The van der Waals surface area contributed by atoms with Gasteiger partial charge in [-0.15, -0.1) is 0 Å². The molecule has 0 atom stereocenters. The molecule has 0 radical (unpaired) electrons. The quantitative estimate of drug-likeness (QED) is 0.822. The number of hydrogen-bond donors (Lipinski definition) is 2. The highest BCUT2D eigenvalue weighted by Gasteiger charge is 2.17.